The zero-order chi connectivity index (χ0) is 14.4. The first-order chi connectivity index (χ1) is 9.66. The summed E-state index contributed by atoms with van der Waals surface area (Å²) >= 11 is 1.74. The molecule has 2 aromatic rings. The molecule has 0 saturated heterocycles. The van der Waals surface area contributed by atoms with Crippen molar-refractivity contribution in [2.24, 2.45) is 5.92 Å². The van der Waals surface area contributed by atoms with E-state index in [1.807, 2.05) is 18.2 Å². The third-order valence-corrected chi connectivity index (χ3v) is 4.41. The van der Waals surface area contributed by atoms with Crippen molar-refractivity contribution < 1.29 is 5.11 Å². The van der Waals surface area contributed by atoms with Gasteiger partial charge in [-0.3, -0.25) is 0 Å². The largest absolute Gasteiger partial charge is 0.394 e. The molecule has 1 heterocycles. The minimum atomic E-state index is -0.362. The third-order valence-electron chi connectivity index (χ3n) is 3.53. The number of rotatable bonds is 7. The van der Waals surface area contributed by atoms with Gasteiger partial charge in [0.25, 0.3) is 0 Å². The van der Waals surface area contributed by atoms with E-state index in [-0.39, 0.29) is 12.1 Å². The number of aliphatic hydroxyl groups excluding tert-OH is 1. The first-order valence-corrected chi connectivity index (χ1v) is 7.98. The average molecular weight is 289 g/mol. The van der Waals surface area contributed by atoms with Gasteiger partial charge in [-0.15, -0.1) is 11.3 Å². The van der Waals surface area contributed by atoms with Crippen LogP contribution in [0.15, 0.2) is 47.8 Å². The molecular weight excluding hydrogens is 266 g/mol. The van der Waals surface area contributed by atoms with Crippen LogP contribution in [0.2, 0.25) is 0 Å². The van der Waals surface area contributed by atoms with Gasteiger partial charge in [0.2, 0.25) is 0 Å². The standard InChI is InChI=1S/C17H23NOS/c1-14(2)11-17(13-19,15-7-4-3-5-8-15)18-12-16-9-6-10-20-16/h3-10,14,18-19H,11-13H2,1-2H3. The first-order valence-electron chi connectivity index (χ1n) is 7.10. The van der Waals surface area contributed by atoms with Gasteiger partial charge in [0, 0.05) is 11.4 Å². The third kappa shape index (κ3) is 3.69. The first kappa shape index (κ1) is 15.2. The van der Waals surface area contributed by atoms with Gasteiger partial charge in [-0.2, -0.15) is 0 Å². The van der Waals surface area contributed by atoms with Crippen LogP contribution in [-0.4, -0.2) is 11.7 Å². The Bertz CT molecular complexity index is 495. The number of hydrogen-bond donors (Lipinski definition) is 2. The Morgan fingerprint density at radius 1 is 1.15 bits per heavy atom. The topological polar surface area (TPSA) is 32.3 Å². The summed E-state index contributed by atoms with van der Waals surface area (Å²) in [5.41, 5.74) is 0.798. The van der Waals surface area contributed by atoms with E-state index in [1.54, 1.807) is 11.3 Å². The molecule has 1 atom stereocenters. The number of aliphatic hydroxyl groups is 1. The molecule has 108 valence electrons. The predicted octanol–water partition coefficient (Wildman–Crippen LogP) is 3.77. The summed E-state index contributed by atoms with van der Waals surface area (Å²) in [6.45, 7) is 5.29. The summed E-state index contributed by atoms with van der Waals surface area (Å²) in [6, 6.07) is 14.5. The van der Waals surface area contributed by atoms with Crippen LogP contribution in [0.4, 0.5) is 0 Å². The summed E-state index contributed by atoms with van der Waals surface area (Å²) < 4.78 is 0. The van der Waals surface area contributed by atoms with Gasteiger partial charge in [-0.1, -0.05) is 50.2 Å². The van der Waals surface area contributed by atoms with E-state index in [0.717, 1.165) is 18.5 Å². The maximum absolute atomic E-state index is 10.0. The number of hydrogen-bond acceptors (Lipinski definition) is 3. The Kier molecular flexibility index (Phi) is 5.35. The lowest BCUT2D eigenvalue weighted by Crippen LogP contribution is -2.46. The second-order valence-electron chi connectivity index (χ2n) is 5.64. The fourth-order valence-corrected chi connectivity index (χ4v) is 3.27. The lowest BCUT2D eigenvalue weighted by molar-refractivity contribution is 0.136. The van der Waals surface area contributed by atoms with Gasteiger partial charge in [-0.25, -0.2) is 0 Å². The Morgan fingerprint density at radius 3 is 2.45 bits per heavy atom. The van der Waals surface area contributed by atoms with Crippen molar-refractivity contribution in [2.75, 3.05) is 6.61 Å². The van der Waals surface area contributed by atoms with Crippen molar-refractivity contribution in [3.05, 3.63) is 58.3 Å². The van der Waals surface area contributed by atoms with Gasteiger partial charge in [0.1, 0.15) is 0 Å². The van der Waals surface area contributed by atoms with Gasteiger partial charge in [-0.05, 0) is 29.3 Å². The van der Waals surface area contributed by atoms with Crippen molar-refractivity contribution in [1.82, 2.24) is 5.32 Å². The predicted molar refractivity (Wildman–Crippen MR) is 85.8 cm³/mol. The van der Waals surface area contributed by atoms with E-state index in [4.69, 9.17) is 0 Å². The fraction of sp³-hybridized carbons (Fsp3) is 0.412. The summed E-state index contributed by atoms with van der Waals surface area (Å²) in [6.07, 6.45) is 0.916. The molecule has 0 amide bonds. The normalized spacial score (nSPS) is 14.4. The van der Waals surface area contributed by atoms with Crippen LogP contribution in [0, 0.1) is 5.92 Å². The lowest BCUT2D eigenvalue weighted by atomic mass is 9.83. The maximum Gasteiger partial charge on any atom is 0.0674 e. The highest BCUT2D eigenvalue weighted by atomic mass is 32.1. The molecule has 0 aliphatic carbocycles. The Labute approximate surface area is 125 Å². The van der Waals surface area contributed by atoms with Crippen LogP contribution in [-0.2, 0) is 12.1 Å². The molecule has 1 aromatic heterocycles. The zero-order valence-electron chi connectivity index (χ0n) is 12.2. The van der Waals surface area contributed by atoms with E-state index in [9.17, 15) is 5.11 Å². The van der Waals surface area contributed by atoms with Crippen LogP contribution in [0.25, 0.3) is 0 Å². The molecule has 0 aliphatic heterocycles. The van der Waals surface area contributed by atoms with Crippen molar-refractivity contribution in [3.63, 3.8) is 0 Å². The van der Waals surface area contributed by atoms with Crippen LogP contribution in [0.5, 0.6) is 0 Å². The molecule has 20 heavy (non-hydrogen) atoms. The van der Waals surface area contributed by atoms with Crippen molar-refractivity contribution in [1.29, 1.82) is 0 Å². The lowest BCUT2D eigenvalue weighted by Gasteiger charge is -2.35. The van der Waals surface area contributed by atoms with Gasteiger partial charge >= 0.3 is 0 Å². The summed E-state index contributed by atoms with van der Waals surface area (Å²) in [4.78, 5) is 1.29. The summed E-state index contributed by atoms with van der Waals surface area (Å²) in [7, 11) is 0. The molecule has 3 heteroatoms. The molecule has 2 nitrogen and oxygen atoms in total. The van der Waals surface area contributed by atoms with Crippen molar-refractivity contribution >= 4 is 11.3 Å². The molecule has 0 fully saturated rings. The highest BCUT2D eigenvalue weighted by Crippen LogP contribution is 2.29. The molecule has 0 radical (unpaired) electrons. The summed E-state index contributed by atoms with van der Waals surface area (Å²) in [5, 5.41) is 15.7. The monoisotopic (exact) mass is 289 g/mol. The van der Waals surface area contributed by atoms with Crippen molar-refractivity contribution in [3.8, 4) is 0 Å². The van der Waals surface area contributed by atoms with Gasteiger partial charge in [0.05, 0.1) is 12.1 Å². The number of nitrogens with one attached hydrogen (secondary N) is 1. The Balaban J connectivity index is 2.22. The smallest absolute Gasteiger partial charge is 0.0674 e. The second kappa shape index (κ2) is 7.02. The van der Waals surface area contributed by atoms with Crippen molar-refractivity contribution in [2.45, 2.75) is 32.4 Å². The molecule has 2 rings (SSSR count). The van der Waals surface area contributed by atoms with E-state index in [1.165, 1.54) is 4.88 Å². The minimum Gasteiger partial charge on any atom is -0.394 e. The number of thiophene rings is 1. The van der Waals surface area contributed by atoms with E-state index in [0.29, 0.717) is 5.92 Å². The quantitative estimate of drug-likeness (QED) is 0.813. The van der Waals surface area contributed by atoms with Crippen LogP contribution in [0.3, 0.4) is 0 Å². The van der Waals surface area contributed by atoms with E-state index in [2.05, 4.69) is 48.8 Å². The molecular formula is C17H23NOS. The van der Waals surface area contributed by atoms with E-state index >= 15 is 0 Å². The Morgan fingerprint density at radius 2 is 1.90 bits per heavy atom. The minimum absolute atomic E-state index is 0.112. The van der Waals surface area contributed by atoms with Gasteiger partial charge in [0.15, 0.2) is 0 Å². The molecule has 0 spiro atoms. The SMILES string of the molecule is CC(C)CC(CO)(NCc1cccs1)c1ccccc1. The summed E-state index contributed by atoms with van der Waals surface area (Å²) in [5.74, 6) is 0.512. The maximum atomic E-state index is 10.0. The van der Waals surface area contributed by atoms with Gasteiger partial charge < -0.3 is 10.4 Å². The zero-order valence-corrected chi connectivity index (χ0v) is 13.0. The molecule has 0 saturated carbocycles. The molecule has 1 aromatic carbocycles. The van der Waals surface area contributed by atoms with Crippen LogP contribution >= 0.6 is 11.3 Å². The number of benzene rings is 1. The van der Waals surface area contributed by atoms with Crippen LogP contribution in [0.1, 0.15) is 30.7 Å². The molecule has 0 aliphatic rings. The molecule has 0 bridgehead atoms. The Hall–Kier alpha value is -1.16. The van der Waals surface area contributed by atoms with E-state index < -0.39 is 0 Å². The molecule has 1 unspecified atom stereocenters. The highest BCUT2D eigenvalue weighted by Gasteiger charge is 2.31. The second-order valence-corrected chi connectivity index (χ2v) is 6.67. The molecule has 2 N–H and O–H groups in total. The van der Waals surface area contributed by atoms with Crippen LogP contribution < -0.4 is 5.32 Å². The average Bonchev–Trinajstić information content (AvgIpc) is 2.97. The fourth-order valence-electron chi connectivity index (χ4n) is 2.63. The highest BCUT2D eigenvalue weighted by molar-refractivity contribution is 7.09.